The fourth-order valence-electron chi connectivity index (χ4n) is 1.58. The van der Waals surface area contributed by atoms with Crippen LogP contribution in [-0.2, 0) is 6.42 Å². The molecule has 3 nitrogen and oxygen atoms in total. The average molecular weight is 297 g/mol. The summed E-state index contributed by atoms with van der Waals surface area (Å²) in [5.41, 5.74) is 0.710. The molecule has 5 heteroatoms. The molecule has 0 aliphatic carbocycles. The number of ether oxygens (including phenoxy) is 1. The van der Waals surface area contributed by atoms with Crippen LogP contribution in [0.2, 0.25) is 10.2 Å². The smallest absolute Gasteiger partial charge is 0.227 e. The highest BCUT2D eigenvalue weighted by Gasteiger charge is 2.12. The summed E-state index contributed by atoms with van der Waals surface area (Å²) in [5, 5.41) is 0.953. The summed E-state index contributed by atoms with van der Waals surface area (Å²) in [4.78, 5) is 8.61. The van der Waals surface area contributed by atoms with Crippen LogP contribution in [0.3, 0.4) is 0 Å². The third kappa shape index (κ3) is 3.37. The number of halogens is 2. The maximum atomic E-state index is 6.10. The first-order valence-electron chi connectivity index (χ1n) is 6.07. The molecule has 2 aromatic rings. The fraction of sp³-hybridized carbons (Fsp3) is 0.286. The van der Waals surface area contributed by atoms with Crippen LogP contribution in [-0.4, -0.2) is 9.97 Å². The van der Waals surface area contributed by atoms with Crippen LogP contribution in [0.4, 0.5) is 0 Å². The lowest BCUT2D eigenvalue weighted by atomic mass is 10.3. The molecule has 100 valence electrons. The van der Waals surface area contributed by atoms with Gasteiger partial charge in [-0.15, -0.1) is 0 Å². The monoisotopic (exact) mass is 296 g/mol. The van der Waals surface area contributed by atoms with Crippen LogP contribution < -0.4 is 4.74 Å². The van der Waals surface area contributed by atoms with Gasteiger partial charge in [-0.1, -0.05) is 42.3 Å². The zero-order chi connectivity index (χ0) is 13.8. The SMILES string of the molecule is CCCc1nc(Cl)c(C)c(Oc2ccccc2Cl)n1. The maximum absolute atomic E-state index is 6.10. The number of benzene rings is 1. The second-order valence-corrected chi connectivity index (χ2v) is 4.91. The van der Waals surface area contributed by atoms with Crippen molar-refractivity contribution >= 4 is 23.2 Å². The van der Waals surface area contributed by atoms with Crippen LogP contribution in [0.15, 0.2) is 24.3 Å². The average Bonchev–Trinajstić information content (AvgIpc) is 2.38. The Kier molecular flexibility index (Phi) is 4.61. The second-order valence-electron chi connectivity index (χ2n) is 4.14. The van der Waals surface area contributed by atoms with E-state index in [4.69, 9.17) is 27.9 Å². The van der Waals surface area contributed by atoms with Gasteiger partial charge in [0, 0.05) is 12.0 Å². The minimum atomic E-state index is 0.417. The standard InChI is InChI=1S/C14H14Cl2N2O/c1-3-6-12-17-13(16)9(2)14(18-12)19-11-8-5-4-7-10(11)15/h4-5,7-8H,3,6H2,1-2H3. The van der Waals surface area contributed by atoms with Crippen molar-refractivity contribution in [1.29, 1.82) is 0 Å². The first kappa shape index (κ1) is 14.1. The molecule has 0 bridgehead atoms. The van der Waals surface area contributed by atoms with Crippen molar-refractivity contribution in [2.24, 2.45) is 0 Å². The molecule has 19 heavy (non-hydrogen) atoms. The van der Waals surface area contributed by atoms with Crippen molar-refractivity contribution in [2.45, 2.75) is 26.7 Å². The zero-order valence-electron chi connectivity index (χ0n) is 10.8. The zero-order valence-corrected chi connectivity index (χ0v) is 12.3. The van der Waals surface area contributed by atoms with Crippen LogP contribution >= 0.6 is 23.2 Å². The molecule has 2 rings (SSSR count). The van der Waals surface area contributed by atoms with E-state index in [1.54, 1.807) is 12.1 Å². The first-order chi connectivity index (χ1) is 9.11. The highest BCUT2D eigenvalue weighted by Crippen LogP contribution is 2.31. The number of hydrogen-bond donors (Lipinski definition) is 0. The topological polar surface area (TPSA) is 35.0 Å². The molecule has 0 aliphatic heterocycles. The van der Waals surface area contributed by atoms with Crippen molar-refractivity contribution in [1.82, 2.24) is 9.97 Å². The van der Waals surface area contributed by atoms with Gasteiger partial charge < -0.3 is 4.74 Å². The van der Waals surface area contributed by atoms with Gasteiger partial charge in [-0.2, -0.15) is 4.98 Å². The molecule has 0 aliphatic rings. The molecule has 0 amide bonds. The predicted molar refractivity (Wildman–Crippen MR) is 77.3 cm³/mol. The van der Waals surface area contributed by atoms with Gasteiger partial charge in [-0.25, -0.2) is 4.98 Å². The number of aromatic nitrogens is 2. The van der Waals surface area contributed by atoms with Gasteiger partial charge in [0.25, 0.3) is 0 Å². The molecular formula is C14H14Cl2N2O. The molecule has 1 aromatic carbocycles. The summed E-state index contributed by atoms with van der Waals surface area (Å²) < 4.78 is 5.74. The molecule has 0 saturated heterocycles. The lowest BCUT2D eigenvalue weighted by Gasteiger charge is -2.11. The first-order valence-corrected chi connectivity index (χ1v) is 6.82. The van der Waals surface area contributed by atoms with Crippen LogP contribution in [0, 0.1) is 6.92 Å². The van der Waals surface area contributed by atoms with Gasteiger partial charge in [0.05, 0.1) is 5.02 Å². The molecular weight excluding hydrogens is 283 g/mol. The van der Waals surface area contributed by atoms with E-state index in [1.165, 1.54) is 0 Å². The molecule has 0 atom stereocenters. The van der Waals surface area contributed by atoms with Gasteiger partial charge in [0.1, 0.15) is 16.7 Å². The molecule has 0 N–H and O–H groups in total. The van der Waals surface area contributed by atoms with Crippen LogP contribution in [0.1, 0.15) is 24.7 Å². The summed E-state index contributed by atoms with van der Waals surface area (Å²) in [5.74, 6) is 1.70. The Hall–Kier alpha value is -1.32. The van der Waals surface area contributed by atoms with Gasteiger partial charge in [0.2, 0.25) is 5.88 Å². The number of para-hydroxylation sites is 1. The highest BCUT2D eigenvalue weighted by molar-refractivity contribution is 6.32. The van der Waals surface area contributed by atoms with Gasteiger partial charge in [-0.3, -0.25) is 0 Å². The van der Waals surface area contributed by atoms with Gasteiger partial charge >= 0.3 is 0 Å². The van der Waals surface area contributed by atoms with Crippen molar-refractivity contribution in [3.8, 4) is 11.6 Å². The largest absolute Gasteiger partial charge is 0.437 e. The molecule has 0 spiro atoms. The minimum absolute atomic E-state index is 0.417. The van der Waals surface area contributed by atoms with E-state index in [1.807, 2.05) is 19.1 Å². The molecule has 1 aromatic heterocycles. The van der Waals surface area contributed by atoms with E-state index in [0.717, 1.165) is 12.8 Å². The Balaban J connectivity index is 2.36. The van der Waals surface area contributed by atoms with Gasteiger partial charge in [-0.05, 0) is 25.5 Å². The molecule has 0 fully saturated rings. The number of hydrogen-bond acceptors (Lipinski definition) is 3. The summed E-state index contributed by atoms with van der Waals surface area (Å²) in [6.07, 6.45) is 1.71. The van der Waals surface area contributed by atoms with Gasteiger partial charge in [0.15, 0.2) is 0 Å². The molecule has 1 heterocycles. The van der Waals surface area contributed by atoms with Crippen molar-refractivity contribution in [3.05, 3.63) is 45.8 Å². The lowest BCUT2D eigenvalue weighted by molar-refractivity contribution is 0.454. The van der Waals surface area contributed by atoms with Crippen LogP contribution in [0.5, 0.6) is 11.6 Å². The third-order valence-corrected chi connectivity index (χ3v) is 3.29. The van der Waals surface area contributed by atoms with Crippen molar-refractivity contribution < 1.29 is 4.74 Å². The van der Waals surface area contributed by atoms with Crippen LogP contribution in [0.25, 0.3) is 0 Å². The quantitative estimate of drug-likeness (QED) is 0.758. The Labute approximate surface area is 122 Å². The number of rotatable bonds is 4. The Bertz CT molecular complexity index is 588. The minimum Gasteiger partial charge on any atom is -0.437 e. The molecule has 0 unspecified atom stereocenters. The van der Waals surface area contributed by atoms with E-state index >= 15 is 0 Å². The third-order valence-electron chi connectivity index (χ3n) is 2.60. The predicted octanol–water partition coefficient (Wildman–Crippen LogP) is 4.84. The van der Waals surface area contributed by atoms with E-state index in [2.05, 4.69) is 16.9 Å². The number of aryl methyl sites for hydroxylation is 1. The molecule has 0 radical (unpaired) electrons. The number of nitrogens with zero attached hydrogens (tertiary/aromatic N) is 2. The lowest BCUT2D eigenvalue weighted by Crippen LogP contribution is -2.01. The van der Waals surface area contributed by atoms with E-state index in [9.17, 15) is 0 Å². The summed E-state index contributed by atoms with van der Waals surface area (Å²) in [6.45, 7) is 3.88. The summed E-state index contributed by atoms with van der Waals surface area (Å²) >= 11 is 12.2. The normalized spacial score (nSPS) is 10.5. The van der Waals surface area contributed by atoms with E-state index in [0.29, 0.717) is 33.2 Å². The Morgan fingerprint density at radius 1 is 1.16 bits per heavy atom. The maximum Gasteiger partial charge on any atom is 0.227 e. The summed E-state index contributed by atoms with van der Waals surface area (Å²) in [6, 6.07) is 7.25. The Morgan fingerprint density at radius 2 is 1.89 bits per heavy atom. The van der Waals surface area contributed by atoms with Crippen molar-refractivity contribution in [3.63, 3.8) is 0 Å². The summed E-state index contributed by atoms with van der Waals surface area (Å²) in [7, 11) is 0. The second kappa shape index (κ2) is 6.22. The fourth-order valence-corrected chi connectivity index (χ4v) is 1.93. The van der Waals surface area contributed by atoms with E-state index < -0.39 is 0 Å². The molecule has 0 saturated carbocycles. The highest BCUT2D eigenvalue weighted by atomic mass is 35.5. The van der Waals surface area contributed by atoms with Crippen molar-refractivity contribution in [2.75, 3.05) is 0 Å². The Morgan fingerprint density at radius 3 is 2.58 bits per heavy atom. The van der Waals surface area contributed by atoms with E-state index in [-0.39, 0.29) is 0 Å².